The van der Waals surface area contributed by atoms with Crippen molar-refractivity contribution >= 4 is 11.6 Å². The van der Waals surface area contributed by atoms with Gasteiger partial charge in [0.25, 0.3) is 0 Å². The third-order valence-corrected chi connectivity index (χ3v) is 2.87. The zero-order chi connectivity index (χ0) is 13.8. The van der Waals surface area contributed by atoms with Crippen LogP contribution in [0.2, 0.25) is 5.02 Å². The minimum atomic E-state index is 0.393. The van der Waals surface area contributed by atoms with E-state index in [9.17, 15) is 0 Å². The van der Waals surface area contributed by atoms with Crippen molar-refractivity contribution in [3.05, 3.63) is 34.6 Å². The van der Waals surface area contributed by atoms with E-state index in [-0.39, 0.29) is 0 Å². The molecule has 2 aromatic heterocycles. The molecule has 0 fully saturated rings. The Bertz CT molecular complexity index is 568. The predicted octanol–water partition coefficient (Wildman–Crippen LogP) is 2.68. The second-order valence-electron chi connectivity index (χ2n) is 4.26. The summed E-state index contributed by atoms with van der Waals surface area (Å²) in [6.07, 6.45) is 1.76. The molecule has 5 nitrogen and oxygen atoms in total. The molecular formula is C13H17ClN4O. The molecule has 0 spiro atoms. The quantitative estimate of drug-likeness (QED) is 0.915. The van der Waals surface area contributed by atoms with Crippen LogP contribution in [0.25, 0.3) is 0 Å². The monoisotopic (exact) mass is 280 g/mol. The molecule has 0 atom stereocenters. The highest BCUT2D eigenvalue weighted by Gasteiger charge is 2.09. The van der Waals surface area contributed by atoms with Gasteiger partial charge in [-0.15, -0.1) is 0 Å². The summed E-state index contributed by atoms with van der Waals surface area (Å²) < 4.78 is 7.31. The Balaban J connectivity index is 2.15. The fraction of sp³-hybridized carbons (Fsp3) is 0.385. The lowest BCUT2D eigenvalue weighted by Crippen LogP contribution is -2.11. The van der Waals surface area contributed by atoms with E-state index in [1.807, 2.05) is 26.1 Å². The Labute approximate surface area is 117 Å². The molecule has 6 heteroatoms. The number of nitrogens with zero attached hydrogens (tertiary/aromatic N) is 3. The Morgan fingerprint density at radius 1 is 1.42 bits per heavy atom. The van der Waals surface area contributed by atoms with Crippen LogP contribution in [0.3, 0.4) is 0 Å². The van der Waals surface area contributed by atoms with Gasteiger partial charge in [0, 0.05) is 25.9 Å². The third-order valence-electron chi connectivity index (χ3n) is 2.60. The van der Waals surface area contributed by atoms with E-state index in [1.54, 1.807) is 10.9 Å². The molecule has 0 saturated carbocycles. The number of nitrogens with one attached hydrogen (secondary N) is 1. The topological polar surface area (TPSA) is 52.0 Å². The van der Waals surface area contributed by atoms with Crippen LogP contribution in [-0.4, -0.2) is 21.3 Å². The van der Waals surface area contributed by atoms with Crippen LogP contribution in [0, 0.1) is 6.92 Å². The van der Waals surface area contributed by atoms with Crippen molar-refractivity contribution in [1.82, 2.24) is 20.1 Å². The first kappa shape index (κ1) is 13.8. The van der Waals surface area contributed by atoms with Gasteiger partial charge in [-0.3, -0.25) is 0 Å². The third kappa shape index (κ3) is 3.45. The van der Waals surface area contributed by atoms with Gasteiger partial charge in [0.05, 0.1) is 5.69 Å². The van der Waals surface area contributed by atoms with E-state index in [1.165, 1.54) is 0 Å². The van der Waals surface area contributed by atoms with Gasteiger partial charge in [0.2, 0.25) is 11.8 Å². The summed E-state index contributed by atoms with van der Waals surface area (Å²) in [5, 5.41) is 7.92. The van der Waals surface area contributed by atoms with Crippen LogP contribution in [0.5, 0.6) is 11.8 Å². The number of pyridine rings is 1. The molecule has 19 heavy (non-hydrogen) atoms. The zero-order valence-electron chi connectivity index (χ0n) is 11.3. The van der Waals surface area contributed by atoms with Gasteiger partial charge >= 0.3 is 0 Å². The second kappa shape index (κ2) is 6.04. The van der Waals surface area contributed by atoms with E-state index in [0.717, 1.165) is 24.3 Å². The van der Waals surface area contributed by atoms with Crippen LogP contribution in [0.4, 0.5) is 0 Å². The maximum Gasteiger partial charge on any atom is 0.240 e. The minimum absolute atomic E-state index is 0.393. The molecule has 0 aliphatic carbocycles. The van der Waals surface area contributed by atoms with Gasteiger partial charge in [0.1, 0.15) is 5.02 Å². The summed E-state index contributed by atoms with van der Waals surface area (Å²) >= 11 is 6.17. The molecule has 2 aromatic rings. The Morgan fingerprint density at radius 3 is 2.79 bits per heavy atom. The van der Waals surface area contributed by atoms with Crippen LogP contribution in [0.15, 0.2) is 18.3 Å². The molecule has 0 amide bonds. The average molecular weight is 281 g/mol. The molecule has 0 radical (unpaired) electrons. The fourth-order valence-corrected chi connectivity index (χ4v) is 1.92. The highest BCUT2D eigenvalue weighted by atomic mass is 35.5. The number of aromatic nitrogens is 3. The number of aryl methyl sites for hydroxylation is 2. The molecule has 2 rings (SSSR count). The molecule has 0 aliphatic rings. The summed E-state index contributed by atoms with van der Waals surface area (Å²) in [5.74, 6) is 1.01. The van der Waals surface area contributed by atoms with Gasteiger partial charge in [0.15, 0.2) is 0 Å². The Morgan fingerprint density at radius 2 is 2.21 bits per heavy atom. The lowest BCUT2D eigenvalue weighted by atomic mass is 10.3. The van der Waals surface area contributed by atoms with Gasteiger partial charge < -0.3 is 10.1 Å². The smallest absolute Gasteiger partial charge is 0.240 e. The predicted molar refractivity (Wildman–Crippen MR) is 74.6 cm³/mol. The normalized spacial score (nSPS) is 10.7. The largest absolute Gasteiger partial charge is 0.419 e. The number of ether oxygens (including phenoxy) is 1. The van der Waals surface area contributed by atoms with Crippen molar-refractivity contribution in [3.63, 3.8) is 0 Å². The fourth-order valence-electron chi connectivity index (χ4n) is 1.69. The van der Waals surface area contributed by atoms with Crippen LogP contribution in [-0.2, 0) is 13.6 Å². The number of halogens is 1. The highest BCUT2D eigenvalue weighted by molar-refractivity contribution is 6.31. The summed E-state index contributed by atoms with van der Waals surface area (Å²) in [7, 11) is 1.82. The molecular weight excluding hydrogens is 264 g/mol. The molecule has 0 aliphatic heterocycles. The molecule has 0 bridgehead atoms. The Kier molecular flexibility index (Phi) is 4.39. The summed E-state index contributed by atoms with van der Waals surface area (Å²) in [6.45, 7) is 5.61. The van der Waals surface area contributed by atoms with Crippen molar-refractivity contribution in [1.29, 1.82) is 0 Å². The maximum atomic E-state index is 6.17. The van der Waals surface area contributed by atoms with Crippen LogP contribution >= 0.6 is 11.6 Å². The van der Waals surface area contributed by atoms with Crippen LogP contribution in [0.1, 0.15) is 18.2 Å². The van der Waals surface area contributed by atoms with E-state index in [2.05, 4.69) is 22.3 Å². The highest BCUT2D eigenvalue weighted by Crippen LogP contribution is 2.27. The zero-order valence-corrected chi connectivity index (χ0v) is 12.0. The first-order valence-electron chi connectivity index (χ1n) is 6.13. The lowest BCUT2D eigenvalue weighted by Gasteiger charge is -2.08. The first-order chi connectivity index (χ1) is 9.10. The van der Waals surface area contributed by atoms with Gasteiger partial charge in [-0.1, -0.05) is 18.5 Å². The van der Waals surface area contributed by atoms with Gasteiger partial charge in [-0.25, -0.2) is 9.67 Å². The van der Waals surface area contributed by atoms with Crippen molar-refractivity contribution in [2.75, 3.05) is 6.54 Å². The maximum absolute atomic E-state index is 6.17. The van der Waals surface area contributed by atoms with Crippen LogP contribution < -0.4 is 10.1 Å². The summed E-state index contributed by atoms with van der Waals surface area (Å²) in [6, 6.07) is 3.69. The second-order valence-corrected chi connectivity index (χ2v) is 4.67. The van der Waals surface area contributed by atoms with E-state index >= 15 is 0 Å². The average Bonchev–Trinajstić information content (AvgIpc) is 2.68. The molecule has 1 N–H and O–H groups in total. The molecule has 0 saturated heterocycles. The minimum Gasteiger partial charge on any atom is -0.419 e. The molecule has 2 heterocycles. The summed E-state index contributed by atoms with van der Waals surface area (Å²) in [4.78, 5) is 4.24. The number of hydrogen-bond donors (Lipinski definition) is 1. The Hall–Kier alpha value is -1.59. The van der Waals surface area contributed by atoms with E-state index in [0.29, 0.717) is 16.8 Å². The van der Waals surface area contributed by atoms with Gasteiger partial charge in [-0.2, -0.15) is 5.10 Å². The SMILES string of the molecule is CCNCc1cnc(Oc2cc(C)nn2C)c(Cl)c1. The lowest BCUT2D eigenvalue weighted by molar-refractivity contribution is 0.415. The van der Waals surface area contributed by atoms with E-state index in [4.69, 9.17) is 16.3 Å². The van der Waals surface area contributed by atoms with Crippen molar-refractivity contribution < 1.29 is 4.74 Å². The molecule has 0 aromatic carbocycles. The number of hydrogen-bond acceptors (Lipinski definition) is 4. The van der Waals surface area contributed by atoms with Crippen molar-refractivity contribution in [3.8, 4) is 11.8 Å². The molecule has 102 valence electrons. The number of rotatable bonds is 5. The van der Waals surface area contributed by atoms with Gasteiger partial charge in [-0.05, 0) is 25.1 Å². The molecule has 0 unspecified atom stereocenters. The van der Waals surface area contributed by atoms with Crippen molar-refractivity contribution in [2.24, 2.45) is 7.05 Å². The standard InChI is InChI=1S/C13H17ClN4O/c1-4-15-7-10-6-11(14)13(16-8-10)19-12-5-9(2)17-18(12)3/h5-6,8,15H,4,7H2,1-3H3. The van der Waals surface area contributed by atoms with E-state index < -0.39 is 0 Å². The summed E-state index contributed by atoms with van der Waals surface area (Å²) in [5.41, 5.74) is 1.91. The first-order valence-corrected chi connectivity index (χ1v) is 6.51. The van der Waals surface area contributed by atoms with Crippen molar-refractivity contribution in [2.45, 2.75) is 20.4 Å².